The lowest BCUT2D eigenvalue weighted by Gasteiger charge is -2.08. The first kappa shape index (κ1) is 12.0. The zero-order valence-corrected chi connectivity index (χ0v) is 10.0. The average molecular weight is 244 g/mol. The number of ether oxygens (including phenoxy) is 1. The van der Waals surface area contributed by atoms with Gasteiger partial charge in [0.15, 0.2) is 0 Å². The summed E-state index contributed by atoms with van der Waals surface area (Å²) in [4.78, 5) is 11.0. The first-order valence-electron chi connectivity index (χ1n) is 5.37. The highest BCUT2D eigenvalue weighted by molar-refractivity contribution is 5.90. The molecule has 0 bridgehead atoms. The van der Waals surface area contributed by atoms with Gasteiger partial charge in [0.1, 0.15) is 11.3 Å². The van der Waals surface area contributed by atoms with Crippen molar-refractivity contribution in [3.8, 4) is 11.6 Å². The molecule has 1 heterocycles. The van der Waals surface area contributed by atoms with Crippen molar-refractivity contribution in [1.29, 1.82) is 0 Å². The molecule has 1 aromatic heterocycles. The zero-order valence-electron chi connectivity index (χ0n) is 10.0. The summed E-state index contributed by atoms with van der Waals surface area (Å²) in [5.41, 5.74) is 2.06. The van der Waals surface area contributed by atoms with Crippen LogP contribution < -0.4 is 4.74 Å². The second-order valence-electron chi connectivity index (χ2n) is 3.98. The van der Waals surface area contributed by atoms with Crippen LogP contribution >= 0.6 is 0 Å². The normalized spacial score (nSPS) is 10.1. The fraction of sp³-hybridized carbons (Fsp3) is 0.154. The summed E-state index contributed by atoms with van der Waals surface area (Å²) in [6.07, 6.45) is 1.32. The van der Waals surface area contributed by atoms with Gasteiger partial charge in [-0.1, -0.05) is 6.07 Å². The molecule has 0 radical (unpaired) electrons. The van der Waals surface area contributed by atoms with Crippen LogP contribution in [-0.2, 0) is 0 Å². The van der Waals surface area contributed by atoms with Gasteiger partial charge in [0, 0.05) is 0 Å². The Labute approximate surface area is 104 Å². The Kier molecular flexibility index (Phi) is 3.23. The molecule has 2 rings (SSSR count). The number of aryl methyl sites for hydroxylation is 2. The average Bonchev–Trinajstić information content (AvgIpc) is 2.27. The lowest BCUT2D eigenvalue weighted by atomic mass is 10.1. The summed E-state index contributed by atoms with van der Waals surface area (Å²) in [6.45, 7) is 3.88. The van der Waals surface area contributed by atoms with Gasteiger partial charge in [-0.3, -0.25) is 0 Å². The number of aromatic nitrogens is 2. The van der Waals surface area contributed by atoms with E-state index in [0.29, 0.717) is 5.75 Å². The molecule has 0 aliphatic heterocycles. The maximum atomic E-state index is 11.0. The molecule has 0 amide bonds. The number of carbonyl (C=O) groups is 1. The minimum atomic E-state index is -1.09. The molecule has 0 unspecified atom stereocenters. The summed E-state index contributed by atoms with van der Waals surface area (Å²) in [6, 6.07) is 6.98. The molecular weight excluding hydrogens is 232 g/mol. The van der Waals surface area contributed by atoms with Crippen LogP contribution in [0.4, 0.5) is 0 Å². The van der Waals surface area contributed by atoms with Gasteiger partial charge in [-0.2, -0.15) is 5.10 Å². The molecule has 5 heteroatoms. The molecule has 0 aliphatic rings. The third-order valence-electron chi connectivity index (χ3n) is 2.33. The Morgan fingerprint density at radius 3 is 2.50 bits per heavy atom. The minimum absolute atomic E-state index is 0.00463. The number of nitrogens with zero attached hydrogens (tertiary/aromatic N) is 2. The number of hydrogen-bond acceptors (Lipinski definition) is 4. The Morgan fingerprint density at radius 1 is 1.22 bits per heavy atom. The third kappa shape index (κ3) is 2.63. The van der Waals surface area contributed by atoms with Crippen molar-refractivity contribution in [2.45, 2.75) is 13.8 Å². The van der Waals surface area contributed by atoms with E-state index in [1.165, 1.54) is 12.3 Å². The first-order valence-corrected chi connectivity index (χ1v) is 5.37. The maximum absolute atomic E-state index is 11.0. The molecule has 1 N–H and O–H groups in total. The van der Waals surface area contributed by atoms with Crippen LogP contribution in [-0.4, -0.2) is 21.3 Å². The van der Waals surface area contributed by atoms with Crippen molar-refractivity contribution in [2.75, 3.05) is 0 Å². The van der Waals surface area contributed by atoms with E-state index in [2.05, 4.69) is 10.2 Å². The van der Waals surface area contributed by atoms with E-state index >= 15 is 0 Å². The van der Waals surface area contributed by atoms with Gasteiger partial charge in [0.2, 0.25) is 0 Å². The molecule has 5 nitrogen and oxygen atoms in total. The van der Waals surface area contributed by atoms with Crippen molar-refractivity contribution >= 4 is 5.97 Å². The lowest BCUT2D eigenvalue weighted by Crippen LogP contribution is -2.03. The fourth-order valence-corrected chi connectivity index (χ4v) is 1.66. The van der Waals surface area contributed by atoms with E-state index in [1.54, 1.807) is 0 Å². The van der Waals surface area contributed by atoms with Crippen LogP contribution in [0.3, 0.4) is 0 Å². The highest BCUT2D eigenvalue weighted by atomic mass is 16.5. The van der Waals surface area contributed by atoms with E-state index in [4.69, 9.17) is 9.84 Å². The number of hydrogen-bond donors (Lipinski definition) is 1. The van der Waals surface area contributed by atoms with Crippen LogP contribution in [0.25, 0.3) is 0 Å². The van der Waals surface area contributed by atoms with E-state index in [0.717, 1.165) is 11.1 Å². The highest BCUT2D eigenvalue weighted by Gasteiger charge is 2.13. The highest BCUT2D eigenvalue weighted by Crippen LogP contribution is 2.24. The smallest absolute Gasteiger partial charge is 0.341 e. The largest absolute Gasteiger partial charge is 0.477 e. The number of aromatic carboxylic acids is 1. The van der Waals surface area contributed by atoms with Crippen LogP contribution in [0.1, 0.15) is 21.5 Å². The third-order valence-corrected chi connectivity index (χ3v) is 2.33. The molecule has 0 atom stereocenters. The van der Waals surface area contributed by atoms with Crippen molar-refractivity contribution in [1.82, 2.24) is 10.2 Å². The molecule has 92 valence electrons. The summed E-state index contributed by atoms with van der Waals surface area (Å²) in [5.74, 6) is -0.547. The maximum Gasteiger partial charge on any atom is 0.341 e. The molecule has 1 aromatic carbocycles. The summed E-state index contributed by atoms with van der Waals surface area (Å²) in [5, 5.41) is 16.3. The van der Waals surface area contributed by atoms with Crippen molar-refractivity contribution < 1.29 is 14.6 Å². The lowest BCUT2D eigenvalue weighted by molar-refractivity contribution is 0.0693. The second kappa shape index (κ2) is 4.83. The summed E-state index contributed by atoms with van der Waals surface area (Å²) < 4.78 is 5.48. The summed E-state index contributed by atoms with van der Waals surface area (Å²) >= 11 is 0. The minimum Gasteiger partial charge on any atom is -0.477 e. The molecular formula is C13H12N2O3. The Balaban J connectivity index is 2.37. The van der Waals surface area contributed by atoms with Crippen LogP contribution in [0.2, 0.25) is 0 Å². The van der Waals surface area contributed by atoms with Crippen LogP contribution in [0.15, 0.2) is 30.5 Å². The molecule has 0 aliphatic carbocycles. The fourth-order valence-electron chi connectivity index (χ4n) is 1.66. The molecule has 0 fully saturated rings. The Hall–Kier alpha value is -2.43. The molecule has 2 aromatic rings. The van der Waals surface area contributed by atoms with Gasteiger partial charge >= 0.3 is 5.97 Å². The van der Waals surface area contributed by atoms with Gasteiger partial charge in [0.25, 0.3) is 5.88 Å². The summed E-state index contributed by atoms with van der Waals surface area (Å²) in [7, 11) is 0. The molecule has 0 saturated carbocycles. The van der Waals surface area contributed by atoms with Crippen LogP contribution in [0.5, 0.6) is 11.6 Å². The number of rotatable bonds is 3. The SMILES string of the molecule is Cc1cc(C)cc(Oc2nnccc2C(=O)O)c1. The Morgan fingerprint density at radius 2 is 1.89 bits per heavy atom. The Bertz CT molecular complexity index is 576. The topological polar surface area (TPSA) is 72.3 Å². The van der Waals surface area contributed by atoms with E-state index in [1.807, 2.05) is 32.0 Å². The van der Waals surface area contributed by atoms with Gasteiger partial charge in [-0.05, 0) is 43.2 Å². The zero-order chi connectivity index (χ0) is 13.1. The van der Waals surface area contributed by atoms with E-state index in [-0.39, 0.29) is 11.4 Å². The predicted molar refractivity (Wildman–Crippen MR) is 65.0 cm³/mol. The predicted octanol–water partition coefficient (Wildman–Crippen LogP) is 2.58. The van der Waals surface area contributed by atoms with E-state index in [9.17, 15) is 4.79 Å². The molecule has 0 spiro atoms. The number of carboxylic acids is 1. The van der Waals surface area contributed by atoms with Crippen molar-refractivity contribution in [2.24, 2.45) is 0 Å². The molecule has 18 heavy (non-hydrogen) atoms. The van der Waals surface area contributed by atoms with Gasteiger partial charge < -0.3 is 9.84 Å². The first-order chi connectivity index (χ1) is 8.56. The van der Waals surface area contributed by atoms with Crippen molar-refractivity contribution in [3.63, 3.8) is 0 Å². The number of benzene rings is 1. The van der Waals surface area contributed by atoms with Gasteiger partial charge in [0.05, 0.1) is 6.20 Å². The quantitative estimate of drug-likeness (QED) is 0.898. The second-order valence-corrected chi connectivity index (χ2v) is 3.98. The van der Waals surface area contributed by atoms with Crippen molar-refractivity contribution in [3.05, 3.63) is 47.2 Å². The van der Waals surface area contributed by atoms with E-state index < -0.39 is 5.97 Å². The van der Waals surface area contributed by atoms with Crippen LogP contribution in [0, 0.1) is 13.8 Å². The van der Waals surface area contributed by atoms with Gasteiger partial charge in [-0.25, -0.2) is 4.79 Å². The standard InChI is InChI=1S/C13H12N2O3/c1-8-5-9(2)7-10(6-8)18-12-11(13(16)17)3-4-14-15-12/h3-7H,1-2H3,(H,16,17). The number of carboxylic acid groups (broad SMARTS) is 1. The molecule has 0 saturated heterocycles. The monoisotopic (exact) mass is 244 g/mol. The van der Waals surface area contributed by atoms with Gasteiger partial charge in [-0.15, -0.1) is 5.10 Å².